The maximum absolute atomic E-state index is 13.2. The van der Waals surface area contributed by atoms with Gasteiger partial charge in [0.15, 0.2) is 5.76 Å². The lowest BCUT2D eigenvalue weighted by atomic mass is 9.95. The Morgan fingerprint density at radius 2 is 1.87 bits per heavy atom. The van der Waals surface area contributed by atoms with Crippen molar-refractivity contribution in [3.05, 3.63) is 64.8 Å². The summed E-state index contributed by atoms with van der Waals surface area (Å²) >= 11 is 0. The van der Waals surface area contributed by atoms with Crippen molar-refractivity contribution in [3.8, 4) is 5.75 Å². The SMILES string of the molecule is Cc1ccc(C(=O)C2=C([O-])C(=O)N(CCC[NH+](C)C)C2c2ccc(OC(C)C)cc2)o1. The van der Waals surface area contributed by atoms with E-state index in [1.54, 1.807) is 37.3 Å². The van der Waals surface area contributed by atoms with Crippen LogP contribution >= 0.6 is 0 Å². The highest BCUT2D eigenvalue weighted by Crippen LogP contribution is 2.38. The van der Waals surface area contributed by atoms with Crippen LogP contribution in [0.1, 0.15) is 48.2 Å². The molecule has 31 heavy (non-hydrogen) atoms. The summed E-state index contributed by atoms with van der Waals surface area (Å²) in [4.78, 5) is 28.8. The van der Waals surface area contributed by atoms with E-state index in [1.807, 2.05) is 27.9 Å². The van der Waals surface area contributed by atoms with Crippen LogP contribution in [0.5, 0.6) is 5.75 Å². The summed E-state index contributed by atoms with van der Waals surface area (Å²) in [6, 6.07) is 9.66. The average Bonchev–Trinajstić information content (AvgIpc) is 3.24. The molecule has 0 radical (unpaired) electrons. The summed E-state index contributed by atoms with van der Waals surface area (Å²) in [6.45, 7) is 6.83. The van der Waals surface area contributed by atoms with Crippen LogP contribution in [0.25, 0.3) is 0 Å². The Kier molecular flexibility index (Phi) is 6.85. The van der Waals surface area contributed by atoms with Crippen molar-refractivity contribution in [2.45, 2.75) is 39.3 Å². The molecule has 166 valence electrons. The minimum absolute atomic E-state index is 0.0245. The fourth-order valence-electron chi connectivity index (χ4n) is 3.74. The molecule has 3 rings (SSSR count). The van der Waals surface area contributed by atoms with Crippen LogP contribution in [-0.2, 0) is 4.79 Å². The molecule has 1 unspecified atom stereocenters. The lowest BCUT2D eigenvalue weighted by Gasteiger charge is -2.28. The number of aryl methyl sites for hydroxylation is 1. The molecule has 2 aromatic rings. The molecule has 1 aliphatic rings. The van der Waals surface area contributed by atoms with E-state index in [-0.39, 0.29) is 17.4 Å². The molecule has 0 saturated heterocycles. The van der Waals surface area contributed by atoms with Gasteiger partial charge in [-0.05, 0) is 56.4 Å². The van der Waals surface area contributed by atoms with E-state index in [1.165, 1.54) is 15.9 Å². The van der Waals surface area contributed by atoms with Crippen molar-refractivity contribution in [3.63, 3.8) is 0 Å². The second-order valence-corrected chi connectivity index (χ2v) is 8.43. The predicted octanol–water partition coefficient (Wildman–Crippen LogP) is 1.29. The maximum atomic E-state index is 13.2. The third-order valence-corrected chi connectivity index (χ3v) is 5.14. The quantitative estimate of drug-likeness (QED) is 0.611. The van der Waals surface area contributed by atoms with Crippen LogP contribution in [0.4, 0.5) is 0 Å². The molecular weight excluding hydrogens is 396 g/mol. The standard InChI is InChI=1S/C24H30N2O5/c1-15(2)30-18-10-8-17(9-11-18)21-20(22(27)19-12-7-16(3)31-19)23(28)24(29)26(21)14-6-13-25(4)5/h7-12,15,21,28H,6,13-14H2,1-5H3. The number of amides is 1. The van der Waals surface area contributed by atoms with Gasteiger partial charge in [0, 0.05) is 18.5 Å². The first-order valence-corrected chi connectivity index (χ1v) is 10.6. The molecule has 1 amide bonds. The highest BCUT2D eigenvalue weighted by molar-refractivity contribution is 6.14. The van der Waals surface area contributed by atoms with Crippen LogP contribution in [0, 0.1) is 6.92 Å². The molecule has 1 N–H and O–H groups in total. The molecule has 7 heteroatoms. The zero-order valence-electron chi connectivity index (χ0n) is 18.7. The van der Waals surface area contributed by atoms with Gasteiger partial charge < -0.3 is 24.1 Å². The molecule has 0 aliphatic carbocycles. The van der Waals surface area contributed by atoms with E-state index in [9.17, 15) is 14.7 Å². The number of nitrogens with zero attached hydrogens (tertiary/aromatic N) is 1. The number of carbonyl (C=O) groups is 2. The third kappa shape index (κ3) is 4.99. The van der Waals surface area contributed by atoms with Gasteiger partial charge in [-0.3, -0.25) is 9.59 Å². The predicted molar refractivity (Wildman–Crippen MR) is 114 cm³/mol. The molecule has 0 spiro atoms. The number of hydrogen-bond acceptors (Lipinski definition) is 5. The van der Waals surface area contributed by atoms with Crippen LogP contribution in [-0.4, -0.2) is 49.9 Å². The number of carbonyl (C=O) groups excluding carboxylic acids is 2. The summed E-state index contributed by atoms with van der Waals surface area (Å²) in [6.07, 6.45) is 0.740. The van der Waals surface area contributed by atoms with E-state index in [0.29, 0.717) is 30.0 Å². The Morgan fingerprint density at radius 3 is 2.42 bits per heavy atom. The molecule has 7 nitrogen and oxygen atoms in total. The number of hydrogen-bond donors (Lipinski definition) is 1. The lowest BCUT2D eigenvalue weighted by molar-refractivity contribution is -0.858. The highest BCUT2D eigenvalue weighted by atomic mass is 16.5. The Balaban J connectivity index is 1.98. The zero-order chi connectivity index (χ0) is 22.7. The Morgan fingerprint density at radius 1 is 1.19 bits per heavy atom. The molecule has 0 fully saturated rings. The van der Waals surface area contributed by atoms with E-state index in [2.05, 4.69) is 0 Å². The van der Waals surface area contributed by atoms with E-state index < -0.39 is 23.5 Å². The van der Waals surface area contributed by atoms with Crippen molar-refractivity contribution in [2.24, 2.45) is 0 Å². The van der Waals surface area contributed by atoms with Crippen LogP contribution in [0.15, 0.2) is 52.1 Å². The maximum Gasteiger partial charge on any atom is 0.239 e. The Hall–Kier alpha value is -3.06. The summed E-state index contributed by atoms with van der Waals surface area (Å²) in [5.74, 6) is -0.626. The van der Waals surface area contributed by atoms with Crippen LogP contribution in [0.3, 0.4) is 0 Å². The number of nitrogens with one attached hydrogen (secondary N) is 1. The molecule has 0 bridgehead atoms. The molecule has 1 aliphatic heterocycles. The van der Waals surface area contributed by atoms with Gasteiger partial charge >= 0.3 is 0 Å². The number of quaternary nitrogens is 1. The Labute approximate surface area is 182 Å². The fraction of sp³-hybridized carbons (Fsp3) is 0.417. The molecule has 1 atom stereocenters. The van der Waals surface area contributed by atoms with E-state index in [4.69, 9.17) is 9.15 Å². The monoisotopic (exact) mass is 426 g/mol. The lowest BCUT2D eigenvalue weighted by Crippen LogP contribution is -3.05. The van der Waals surface area contributed by atoms with Gasteiger partial charge in [0.2, 0.25) is 11.7 Å². The first-order valence-electron chi connectivity index (χ1n) is 10.6. The largest absolute Gasteiger partial charge is 0.868 e. The molecule has 1 aromatic heterocycles. The number of rotatable bonds is 9. The Bertz CT molecular complexity index is 972. The summed E-state index contributed by atoms with van der Waals surface area (Å²) < 4.78 is 11.2. The molecule has 0 saturated carbocycles. The van der Waals surface area contributed by atoms with E-state index >= 15 is 0 Å². The number of Topliss-reactive ketones (excluding diaryl/α,β-unsaturated/α-hetero) is 1. The van der Waals surface area contributed by atoms with Crippen molar-refractivity contribution in [1.29, 1.82) is 0 Å². The average molecular weight is 427 g/mol. The second-order valence-electron chi connectivity index (χ2n) is 8.43. The first-order chi connectivity index (χ1) is 14.7. The van der Waals surface area contributed by atoms with Gasteiger partial charge in [-0.15, -0.1) is 0 Å². The summed E-state index contributed by atoms with van der Waals surface area (Å²) in [5, 5.41) is 12.9. The van der Waals surface area contributed by atoms with Gasteiger partial charge in [-0.25, -0.2) is 0 Å². The fourth-order valence-corrected chi connectivity index (χ4v) is 3.74. The minimum atomic E-state index is -0.760. The van der Waals surface area contributed by atoms with Gasteiger partial charge in [-0.2, -0.15) is 0 Å². The zero-order valence-corrected chi connectivity index (χ0v) is 18.7. The van der Waals surface area contributed by atoms with Gasteiger partial charge in [0.05, 0.1) is 32.8 Å². The third-order valence-electron chi connectivity index (χ3n) is 5.14. The van der Waals surface area contributed by atoms with Gasteiger partial charge in [-0.1, -0.05) is 12.1 Å². The molecule has 2 heterocycles. The van der Waals surface area contributed by atoms with Gasteiger partial charge in [0.1, 0.15) is 11.5 Å². The molecule has 1 aromatic carbocycles. The second kappa shape index (κ2) is 9.39. The van der Waals surface area contributed by atoms with E-state index in [0.717, 1.165) is 6.54 Å². The van der Waals surface area contributed by atoms with Crippen molar-refractivity contribution < 1.29 is 28.7 Å². The van der Waals surface area contributed by atoms with Gasteiger partial charge in [0.25, 0.3) is 0 Å². The van der Waals surface area contributed by atoms with Crippen molar-refractivity contribution in [2.75, 3.05) is 27.2 Å². The number of ketones is 1. The smallest absolute Gasteiger partial charge is 0.239 e. The minimum Gasteiger partial charge on any atom is -0.868 e. The van der Waals surface area contributed by atoms with Crippen LogP contribution in [0.2, 0.25) is 0 Å². The summed E-state index contributed by atoms with van der Waals surface area (Å²) in [7, 11) is 4.06. The molecular formula is C24H30N2O5. The highest BCUT2D eigenvalue weighted by Gasteiger charge is 2.40. The number of furan rings is 1. The summed E-state index contributed by atoms with van der Waals surface area (Å²) in [5.41, 5.74) is 0.633. The number of ether oxygens (including phenoxy) is 1. The topological polar surface area (TPSA) is 87.2 Å². The normalized spacial score (nSPS) is 16.7. The van der Waals surface area contributed by atoms with Crippen molar-refractivity contribution in [1.82, 2.24) is 4.90 Å². The number of benzene rings is 1. The van der Waals surface area contributed by atoms with Crippen molar-refractivity contribution >= 4 is 11.7 Å². The first kappa shape index (κ1) is 22.6. The van der Waals surface area contributed by atoms with Crippen LogP contribution < -0.4 is 14.7 Å².